The lowest BCUT2D eigenvalue weighted by Gasteiger charge is -2.11. The minimum absolute atomic E-state index is 0.369. The third-order valence-corrected chi connectivity index (χ3v) is 3.57. The lowest BCUT2D eigenvalue weighted by molar-refractivity contribution is -0.118. The molecule has 0 radical (unpaired) electrons. The van der Waals surface area contributed by atoms with Gasteiger partial charge in [-0.25, -0.2) is 0 Å². The number of hydrogen-bond donors (Lipinski definition) is 3. The molecule has 0 spiro atoms. The maximum atomic E-state index is 11.6. The minimum Gasteiger partial charge on any atom is -0.394 e. The second-order valence-corrected chi connectivity index (χ2v) is 5.64. The first-order valence-electron chi connectivity index (χ1n) is 7.39. The van der Waals surface area contributed by atoms with E-state index in [1.807, 2.05) is 24.3 Å². The Labute approximate surface area is 131 Å². The first kappa shape index (κ1) is 16.2. The molecule has 0 heterocycles. The molecule has 0 aliphatic heterocycles. The fraction of sp³-hybridized carbons (Fsp3) is 0.278. The van der Waals surface area contributed by atoms with Gasteiger partial charge in [0, 0.05) is 5.69 Å². The SMILES string of the molecule is CC(C)c1cccc(-c2ccc(NC(=O)[C@@H](N)CO)cc2)c1. The van der Waals surface area contributed by atoms with Gasteiger partial charge in [-0.1, -0.05) is 50.2 Å². The van der Waals surface area contributed by atoms with Crippen molar-refractivity contribution >= 4 is 11.6 Å². The number of nitrogens with one attached hydrogen (secondary N) is 1. The highest BCUT2D eigenvalue weighted by atomic mass is 16.3. The Kier molecular flexibility index (Phi) is 5.31. The molecular formula is C18H22N2O2. The first-order chi connectivity index (χ1) is 10.5. The predicted octanol–water partition coefficient (Wildman–Crippen LogP) is 2.74. The van der Waals surface area contributed by atoms with Crippen LogP contribution in [-0.4, -0.2) is 23.7 Å². The summed E-state index contributed by atoms with van der Waals surface area (Å²) in [4.78, 5) is 11.6. The van der Waals surface area contributed by atoms with E-state index in [2.05, 4.69) is 43.4 Å². The Balaban J connectivity index is 2.15. The van der Waals surface area contributed by atoms with Gasteiger partial charge in [0.25, 0.3) is 0 Å². The molecule has 2 aromatic rings. The van der Waals surface area contributed by atoms with E-state index >= 15 is 0 Å². The maximum absolute atomic E-state index is 11.6. The lowest BCUT2D eigenvalue weighted by atomic mass is 9.97. The number of carbonyl (C=O) groups excluding carboxylic acids is 1. The average molecular weight is 298 g/mol. The molecule has 0 aromatic heterocycles. The van der Waals surface area contributed by atoms with Gasteiger partial charge < -0.3 is 16.2 Å². The molecule has 2 aromatic carbocycles. The van der Waals surface area contributed by atoms with Crippen LogP contribution >= 0.6 is 0 Å². The van der Waals surface area contributed by atoms with Crippen molar-refractivity contribution in [3.05, 3.63) is 54.1 Å². The van der Waals surface area contributed by atoms with Crippen LogP contribution in [0, 0.1) is 0 Å². The Bertz CT molecular complexity index is 636. The second kappa shape index (κ2) is 7.20. The molecule has 0 fully saturated rings. The molecule has 0 saturated carbocycles. The largest absolute Gasteiger partial charge is 0.394 e. The van der Waals surface area contributed by atoms with Crippen molar-refractivity contribution in [3.63, 3.8) is 0 Å². The summed E-state index contributed by atoms with van der Waals surface area (Å²) in [7, 11) is 0. The van der Waals surface area contributed by atoms with E-state index in [0.717, 1.165) is 11.1 Å². The second-order valence-electron chi connectivity index (χ2n) is 5.64. The average Bonchev–Trinajstić information content (AvgIpc) is 2.54. The normalized spacial score (nSPS) is 12.2. The molecule has 116 valence electrons. The zero-order chi connectivity index (χ0) is 16.1. The number of rotatable bonds is 5. The Morgan fingerprint density at radius 2 is 1.82 bits per heavy atom. The van der Waals surface area contributed by atoms with E-state index in [4.69, 9.17) is 10.8 Å². The minimum atomic E-state index is -0.901. The molecule has 0 aliphatic rings. The van der Waals surface area contributed by atoms with Gasteiger partial charge in [-0.15, -0.1) is 0 Å². The van der Waals surface area contributed by atoms with Crippen molar-refractivity contribution < 1.29 is 9.90 Å². The predicted molar refractivity (Wildman–Crippen MR) is 89.7 cm³/mol. The molecular weight excluding hydrogens is 276 g/mol. The van der Waals surface area contributed by atoms with Crippen molar-refractivity contribution in [1.29, 1.82) is 0 Å². The topological polar surface area (TPSA) is 75.4 Å². The highest BCUT2D eigenvalue weighted by molar-refractivity contribution is 5.94. The molecule has 4 heteroatoms. The third-order valence-electron chi connectivity index (χ3n) is 3.57. The number of carbonyl (C=O) groups is 1. The fourth-order valence-electron chi connectivity index (χ4n) is 2.14. The number of benzene rings is 2. The first-order valence-corrected chi connectivity index (χ1v) is 7.39. The number of hydrogen-bond acceptors (Lipinski definition) is 3. The van der Waals surface area contributed by atoms with Crippen molar-refractivity contribution in [3.8, 4) is 11.1 Å². The van der Waals surface area contributed by atoms with E-state index in [0.29, 0.717) is 11.6 Å². The Morgan fingerprint density at radius 3 is 2.41 bits per heavy atom. The molecule has 22 heavy (non-hydrogen) atoms. The summed E-state index contributed by atoms with van der Waals surface area (Å²) < 4.78 is 0. The zero-order valence-corrected chi connectivity index (χ0v) is 12.9. The molecule has 0 aliphatic carbocycles. The van der Waals surface area contributed by atoms with E-state index < -0.39 is 11.9 Å². The highest BCUT2D eigenvalue weighted by Gasteiger charge is 2.11. The summed E-state index contributed by atoms with van der Waals surface area (Å²) >= 11 is 0. The van der Waals surface area contributed by atoms with Crippen molar-refractivity contribution in [1.82, 2.24) is 0 Å². The third kappa shape index (κ3) is 3.93. The Hall–Kier alpha value is -2.17. The van der Waals surface area contributed by atoms with Crippen LogP contribution in [0.2, 0.25) is 0 Å². The summed E-state index contributed by atoms with van der Waals surface area (Å²) in [5.41, 5.74) is 9.67. The van der Waals surface area contributed by atoms with Gasteiger partial charge in [-0.05, 0) is 34.7 Å². The summed E-state index contributed by atoms with van der Waals surface area (Å²) in [5.74, 6) is 0.0931. The summed E-state index contributed by atoms with van der Waals surface area (Å²) in [6.07, 6.45) is 0. The van der Waals surface area contributed by atoms with Crippen molar-refractivity contribution in [2.24, 2.45) is 5.73 Å². The molecule has 0 unspecified atom stereocenters. The maximum Gasteiger partial charge on any atom is 0.243 e. The zero-order valence-electron chi connectivity index (χ0n) is 12.9. The van der Waals surface area contributed by atoms with Gasteiger partial charge in [0.15, 0.2) is 0 Å². The van der Waals surface area contributed by atoms with Crippen LogP contribution in [0.15, 0.2) is 48.5 Å². The van der Waals surface area contributed by atoms with Crippen LogP contribution < -0.4 is 11.1 Å². The molecule has 1 atom stereocenters. The molecule has 1 amide bonds. The van der Waals surface area contributed by atoms with E-state index in [9.17, 15) is 4.79 Å². The summed E-state index contributed by atoms with van der Waals surface area (Å²) in [6, 6.07) is 15.1. The van der Waals surface area contributed by atoms with Gasteiger partial charge in [-0.2, -0.15) is 0 Å². The summed E-state index contributed by atoms with van der Waals surface area (Å²) in [6.45, 7) is 3.97. The van der Waals surface area contributed by atoms with E-state index in [-0.39, 0.29) is 6.61 Å². The molecule has 4 N–H and O–H groups in total. The molecule has 0 saturated heterocycles. The van der Waals surface area contributed by atoms with Crippen molar-refractivity contribution in [2.45, 2.75) is 25.8 Å². The smallest absolute Gasteiger partial charge is 0.243 e. The Morgan fingerprint density at radius 1 is 1.14 bits per heavy atom. The van der Waals surface area contributed by atoms with Gasteiger partial charge in [-0.3, -0.25) is 4.79 Å². The van der Waals surface area contributed by atoms with Crippen LogP contribution in [0.25, 0.3) is 11.1 Å². The number of nitrogens with two attached hydrogens (primary N) is 1. The molecule has 0 bridgehead atoms. The highest BCUT2D eigenvalue weighted by Crippen LogP contribution is 2.25. The van der Waals surface area contributed by atoms with Crippen LogP contribution in [0.3, 0.4) is 0 Å². The molecule has 4 nitrogen and oxygen atoms in total. The van der Waals surface area contributed by atoms with Crippen molar-refractivity contribution in [2.75, 3.05) is 11.9 Å². The van der Waals surface area contributed by atoms with Gasteiger partial charge >= 0.3 is 0 Å². The number of aliphatic hydroxyl groups excluding tert-OH is 1. The standard InChI is InChI=1S/C18H22N2O2/c1-12(2)14-4-3-5-15(10-14)13-6-8-16(9-7-13)20-18(22)17(19)11-21/h3-10,12,17,21H,11,19H2,1-2H3,(H,20,22)/t17-/m0/s1. The lowest BCUT2D eigenvalue weighted by Crippen LogP contribution is -2.38. The van der Waals surface area contributed by atoms with Gasteiger partial charge in [0.2, 0.25) is 5.91 Å². The molecule has 2 rings (SSSR count). The number of aliphatic hydroxyl groups is 1. The number of amides is 1. The van der Waals surface area contributed by atoms with Crippen LogP contribution in [0.5, 0.6) is 0 Å². The number of anilines is 1. The summed E-state index contributed by atoms with van der Waals surface area (Å²) in [5, 5.41) is 11.5. The fourth-order valence-corrected chi connectivity index (χ4v) is 2.14. The van der Waals surface area contributed by atoms with Gasteiger partial charge in [0.05, 0.1) is 6.61 Å². The van der Waals surface area contributed by atoms with E-state index in [1.54, 1.807) is 0 Å². The van der Waals surface area contributed by atoms with E-state index in [1.165, 1.54) is 5.56 Å². The quantitative estimate of drug-likeness (QED) is 0.794. The van der Waals surface area contributed by atoms with Crippen LogP contribution in [0.1, 0.15) is 25.3 Å². The monoisotopic (exact) mass is 298 g/mol. The van der Waals surface area contributed by atoms with Crippen LogP contribution in [-0.2, 0) is 4.79 Å². The van der Waals surface area contributed by atoms with Gasteiger partial charge in [0.1, 0.15) is 6.04 Å². The van der Waals surface area contributed by atoms with Crippen LogP contribution in [0.4, 0.5) is 5.69 Å².